The lowest BCUT2D eigenvalue weighted by atomic mass is 10.1. The van der Waals surface area contributed by atoms with Crippen LogP contribution >= 0.6 is 0 Å². The Balaban J connectivity index is 1.41. The van der Waals surface area contributed by atoms with E-state index in [0.29, 0.717) is 17.9 Å². The maximum Gasteiger partial charge on any atom is 0.323 e. The number of carboxylic acids is 1. The third kappa shape index (κ3) is 7.09. The van der Waals surface area contributed by atoms with Crippen LogP contribution in [0.25, 0.3) is 0 Å². The van der Waals surface area contributed by atoms with Crippen molar-refractivity contribution in [2.45, 2.75) is 24.3 Å². The number of piperazine rings is 1. The Hall–Kier alpha value is -4.03. The van der Waals surface area contributed by atoms with Gasteiger partial charge < -0.3 is 19.8 Å². The van der Waals surface area contributed by atoms with Crippen LogP contribution in [0.3, 0.4) is 0 Å². The van der Waals surface area contributed by atoms with Crippen molar-refractivity contribution in [1.82, 2.24) is 19.6 Å². The zero-order valence-corrected chi connectivity index (χ0v) is 22.5. The summed E-state index contributed by atoms with van der Waals surface area (Å²) in [6.45, 7) is 4.92. The van der Waals surface area contributed by atoms with Gasteiger partial charge in [0.1, 0.15) is 6.04 Å². The first-order chi connectivity index (χ1) is 18.8. The molecule has 0 bridgehead atoms. The molecular weight excluding hydrogens is 520 g/mol. The number of aliphatic carboxylic acids is 1. The van der Waals surface area contributed by atoms with E-state index in [-0.39, 0.29) is 23.9 Å². The van der Waals surface area contributed by atoms with Crippen LogP contribution in [0.5, 0.6) is 0 Å². The van der Waals surface area contributed by atoms with Crippen LogP contribution in [0.2, 0.25) is 0 Å². The van der Waals surface area contributed by atoms with Crippen molar-refractivity contribution in [2.75, 3.05) is 49.1 Å². The highest BCUT2D eigenvalue weighted by atomic mass is 32.2. The number of aromatic nitrogens is 2. The molecule has 11 nitrogen and oxygen atoms in total. The van der Waals surface area contributed by atoms with Gasteiger partial charge in [0.15, 0.2) is 0 Å². The van der Waals surface area contributed by atoms with Gasteiger partial charge in [-0.1, -0.05) is 25.1 Å². The Kier molecular flexibility index (Phi) is 9.10. The van der Waals surface area contributed by atoms with Crippen LogP contribution in [-0.4, -0.2) is 85.6 Å². The molecule has 39 heavy (non-hydrogen) atoms. The van der Waals surface area contributed by atoms with Crippen molar-refractivity contribution in [3.8, 4) is 0 Å². The highest BCUT2D eigenvalue weighted by Crippen LogP contribution is 2.20. The van der Waals surface area contributed by atoms with Gasteiger partial charge in [-0.2, -0.15) is 4.72 Å². The second-order valence-corrected chi connectivity index (χ2v) is 10.9. The van der Waals surface area contributed by atoms with Crippen molar-refractivity contribution >= 4 is 33.5 Å². The summed E-state index contributed by atoms with van der Waals surface area (Å²) in [7, 11) is -4.08. The van der Waals surface area contributed by atoms with Crippen LogP contribution in [0.4, 0.5) is 11.6 Å². The summed E-state index contributed by atoms with van der Waals surface area (Å²) in [5, 5.41) is 9.74. The lowest BCUT2D eigenvalue weighted by molar-refractivity contribution is -0.139. The number of nitrogens with one attached hydrogen (secondary N) is 1. The highest BCUT2D eigenvalue weighted by Gasteiger charge is 2.29. The standard InChI is InChI=1S/C27H32N6O5S/c1-2-15-33(20-24(26(35)36)30-39(37,38)23-7-4-3-5-8-23)25(34)21-9-11-22(12-10-21)31-16-18-32(19-17-31)27-28-13-6-14-29-27/h3-14,24,30H,2,15-20H2,1H3,(H,35,36)/t24-/m0/s1. The van der Waals surface area contributed by atoms with Gasteiger partial charge >= 0.3 is 5.97 Å². The Bertz CT molecular complexity index is 1350. The number of sulfonamides is 1. The summed E-state index contributed by atoms with van der Waals surface area (Å²) < 4.78 is 27.7. The average molecular weight is 553 g/mol. The van der Waals surface area contributed by atoms with Crippen molar-refractivity contribution in [2.24, 2.45) is 0 Å². The van der Waals surface area contributed by atoms with Gasteiger partial charge in [0.05, 0.1) is 4.90 Å². The summed E-state index contributed by atoms with van der Waals surface area (Å²) in [5.74, 6) is -1.02. The molecule has 2 heterocycles. The second kappa shape index (κ2) is 12.7. The van der Waals surface area contributed by atoms with E-state index in [9.17, 15) is 23.1 Å². The molecule has 4 rings (SSSR count). The summed E-state index contributed by atoms with van der Waals surface area (Å²) in [6.07, 6.45) is 4.03. The first-order valence-corrected chi connectivity index (χ1v) is 14.2. The number of anilines is 2. The van der Waals surface area contributed by atoms with Gasteiger partial charge in [-0.25, -0.2) is 18.4 Å². The SMILES string of the molecule is CCCN(C[C@H](NS(=O)(=O)c1ccccc1)C(=O)O)C(=O)c1ccc(N2CCN(c3ncccn3)CC2)cc1. The minimum atomic E-state index is -4.08. The molecule has 0 aliphatic carbocycles. The Labute approximate surface area is 228 Å². The number of benzene rings is 2. The van der Waals surface area contributed by atoms with E-state index in [1.165, 1.54) is 17.0 Å². The van der Waals surface area contributed by atoms with Crippen LogP contribution in [0, 0.1) is 0 Å². The third-order valence-corrected chi connectivity index (χ3v) is 7.91. The fourth-order valence-electron chi connectivity index (χ4n) is 4.40. The largest absolute Gasteiger partial charge is 0.480 e. The molecular formula is C27H32N6O5S. The lowest BCUT2D eigenvalue weighted by Gasteiger charge is -2.36. The summed E-state index contributed by atoms with van der Waals surface area (Å²) in [4.78, 5) is 39.6. The van der Waals surface area contributed by atoms with E-state index in [1.807, 2.05) is 19.1 Å². The number of amides is 1. The van der Waals surface area contributed by atoms with Gasteiger partial charge in [0.2, 0.25) is 16.0 Å². The predicted octanol–water partition coefficient (Wildman–Crippen LogP) is 2.09. The van der Waals surface area contributed by atoms with Gasteiger partial charge in [-0.05, 0) is 48.9 Å². The smallest absolute Gasteiger partial charge is 0.323 e. The maximum absolute atomic E-state index is 13.3. The average Bonchev–Trinajstić information content (AvgIpc) is 2.97. The highest BCUT2D eigenvalue weighted by molar-refractivity contribution is 7.89. The van der Waals surface area contributed by atoms with Crippen LogP contribution in [0.15, 0.2) is 78.0 Å². The summed E-state index contributed by atoms with van der Waals surface area (Å²) >= 11 is 0. The summed E-state index contributed by atoms with van der Waals surface area (Å²) in [5.41, 5.74) is 1.37. The van der Waals surface area contributed by atoms with Gasteiger partial charge in [0, 0.05) is 62.9 Å². The Morgan fingerprint density at radius 1 is 0.949 bits per heavy atom. The van der Waals surface area contributed by atoms with E-state index in [4.69, 9.17) is 0 Å². The molecule has 0 radical (unpaired) electrons. The van der Waals surface area contributed by atoms with Gasteiger partial charge in [-0.15, -0.1) is 0 Å². The van der Waals surface area contributed by atoms with Crippen molar-refractivity contribution in [3.05, 3.63) is 78.6 Å². The van der Waals surface area contributed by atoms with E-state index >= 15 is 0 Å². The van der Waals surface area contributed by atoms with E-state index < -0.39 is 22.0 Å². The first kappa shape index (κ1) is 28.0. The zero-order valence-electron chi connectivity index (χ0n) is 21.7. The van der Waals surface area contributed by atoms with Crippen LogP contribution < -0.4 is 14.5 Å². The maximum atomic E-state index is 13.3. The number of carboxylic acid groups (broad SMARTS) is 1. The number of carbonyl (C=O) groups is 2. The molecule has 1 fully saturated rings. The number of rotatable bonds is 11. The van der Waals surface area contributed by atoms with Gasteiger partial charge in [0.25, 0.3) is 5.91 Å². The van der Waals surface area contributed by atoms with Crippen molar-refractivity contribution in [3.63, 3.8) is 0 Å². The minimum absolute atomic E-state index is 0.0441. The topological polar surface area (TPSA) is 136 Å². The van der Waals surface area contributed by atoms with E-state index in [1.54, 1.807) is 48.8 Å². The molecule has 3 aromatic rings. The fourth-order valence-corrected chi connectivity index (χ4v) is 5.60. The molecule has 1 aromatic heterocycles. The molecule has 1 amide bonds. The number of hydrogen-bond donors (Lipinski definition) is 2. The second-order valence-electron chi connectivity index (χ2n) is 9.15. The van der Waals surface area contributed by atoms with Gasteiger partial charge in [-0.3, -0.25) is 9.59 Å². The molecule has 206 valence electrons. The lowest BCUT2D eigenvalue weighted by Crippen LogP contribution is -2.50. The van der Waals surface area contributed by atoms with E-state index in [0.717, 1.165) is 31.9 Å². The van der Waals surface area contributed by atoms with Crippen molar-refractivity contribution < 1.29 is 23.1 Å². The number of nitrogens with zero attached hydrogens (tertiary/aromatic N) is 5. The van der Waals surface area contributed by atoms with Crippen LogP contribution in [0.1, 0.15) is 23.7 Å². The Morgan fingerprint density at radius 2 is 1.56 bits per heavy atom. The molecule has 2 N–H and O–H groups in total. The molecule has 1 saturated heterocycles. The molecule has 1 atom stereocenters. The number of hydrogen-bond acceptors (Lipinski definition) is 8. The van der Waals surface area contributed by atoms with Crippen molar-refractivity contribution in [1.29, 1.82) is 0 Å². The summed E-state index contributed by atoms with van der Waals surface area (Å²) in [6, 6.07) is 15.0. The molecule has 0 unspecified atom stereocenters. The molecule has 12 heteroatoms. The molecule has 1 aliphatic heterocycles. The number of carbonyl (C=O) groups excluding carboxylic acids is 1. The minimum Gasteiger partial charge on any atom is -0.480 e. The third-order valence-electron chi connectivity index (χ3n) is 6.43. The molecule has 0 spiro atoms. The van der Waals surface area contributed by atoms with Crippen LogP contribution in [-0.2, 0) is 14.8 Å². The fraction of sp³-hybridized carbons (Fsp3) is 0.333. The van der Waals surface area contributed by atoms with E-state index in [2.05, 4.69) is 24.5 Å². The quantitative estimate of drug-likeness (QED) is 0.366. The molecule has 0 saturated carbocycles. The first-order valence-electron chi connectivity index (χ1n) is 12.7. The zero-order chi connectivity index (χ0) is 27.8. The molecule has 1 aliphatic rings. The molecule has 2 aromatic carbocycles. The Morgan fingerprint density at radius 3 is 2.15 bits per heavy atom. The predicted molar refractivity (Wildman–Crippen MR) is 147 cm³/mol. The monoisotopic (exact) mass is 552 g/mol. The normalized spacial score (nSPS) is 14.6.